The molecular formula is C14H25NO4S. The van der Waals surface area contributed by atoms with Crippen LogP contribution < -0.4 is 6.15 Å². The maximum atomic E-state index is 8.74. The van der Waals surface area contributed by atoms with Gasteiger partial charge in [0.25, 0.3) is 0 Å². The summed E-state index contributed by atoms with van der Waals surface area (Å²) in [6.45, 7) is 0. The molecule has 7 aliphatic carbocycles. The van der Waals surface area contributed by atoms with Crippen molar-refractivity contribution in [3.63, 3.8) is 0 Å². The molecule has 0 saturated heterocycles. The second kappa shape index (κ2) is 4.66. The molecule has 5 nitrogen and oxygen atoms in total. The van der Waals surface area contributed by atoms with Gasteiger partial charge in [0.15, 0.2) is 0 Å². The molecule has 0 aliphatic heterocycles. The zero-order chi connectivity index (χ0) is 13.4. The minimum Gasteiger partial charge on any atom is -0.344 e. The van der Waals surface area contributed by atoms with E-state index in [1.165, 1.54) is 47.3 Å². The van der Waals surface area contributed by atoms with E-state index in [0.29, 0.717) is 0 Å². The first-order valence-electron chi connectivity index (χ1n) is 7.60. The van der Waals surface area contributed by atoms with Crippen LogP contribution in [0.5, 0.6) is 0 Å². The molecule has 20 heavy (non-hydrogen) atoms. The fourth-order valence-electron chi connectivity index (χ4n) is 6.89. The molecule has 0 spiro atoms. The molecule has 0 aromatic heterocycles. The monoisotopic (exact) mass is 303 g/mol. The van der Waals surface area contributed by atoms with Crippen LogP contribution in [0.2, 0.25) is 0 Å². The highest BCUT2D eigenvalue weighted by Gasteiger charge is 2.63. The van der Waals surface area contributed by atoms with E-state index >= 15 is 0 Å². The van der Waals surface area contributed by atoms with Crippen LogP contribution >= 0.6 is 0 Å². The Hall–Kier alpha value is -0.170. The average molecular weight is 303 g/mol. The van der Waals surface area contributed by atoms with Crippen LogP contribution in [0.25, 0.3) is 0 Å². The zero-order valence-electron chi connectivity index (χ0n) is 11.7. The van der Waals surface area contributed by atoms with Gasteiger partial charge in [0.2, 0.25) is 0 Å². The Kier molecular flexibility index (Phi) is 3.44. The van der Waals surface area contributed by atoms with Gasteiger partial charge in [-0.3, -0.25) is 9.11 Å². The highest BCUT2D eigenvalue weighted by molar-refractivity contribution is 7.79. The Labute approximate surface area is 120 Å². The molecule has 7 aliphatic rings. The lowest BCUT2D eigenvalue weighted by Gasteiger charge is -2.69. The minimum absolute atomic E-state index is 0. The zero-order valence-corrected chi connectivity index (χ0v) is 12.5. The molecule has 116 valence electrons. The van der Waals surface area contributed by atoms with Gasteiger partial charge in [-0.1, -0.05) is 0 Å². The molecule has 0 radical (unpaired) electrons. The molecule has 0 atom stereocenters. The molecule has 0 aromatic carbocycles. The van der Waals surface area contributed by atoms with Crippen molar-refractivity contribution in [1.29, 1.82) is 0 Å². The highest BCUT2D eigenvalue weighted by atomic mass is 32.3. The van der Waals surface area contributed by atoms with E-state index in [1.807, 2.05) is 0 Å². The Morgan fingerprint density at radius 3 is 0.900 bits per heavy atom. The Bertz CT molecular complexity index is 396. The first kappa shape index (κ1) is 14.8. The first-order valence-corrected chi connectivity index (χ1v) is 8.99. The van der Waals surface area contributed by atoms with E-state index in [9.17, 15) is 0 Å². The smallest absolute Gasteiger partial charge is 0.344 e. The standard InChI is InChI=1S/C14H20.H3N.H2O4S/c1-7-2-12-10-4-8-5-11(9(1)10)13(3-7)14(12)6-8;;1-5(2,3)4/h7-14H,1-6H2;1H3;(H2,1,2,3,4). The molecule has 6 heteroatoms. The Balaban J connectivity index is 0.000000180. The van der Waals surface area contributed by atoms with Gasteiger partial charge >= 0.3 is 10.4 Å². The predicted octanol–water partition coefficient (Wildman–Crippen LogP) is 2.83. The average Bonchev–Trinajstić information content (AvgIpc) is 2.33. The fourth-order valence-corrected chi connectivity index (χ4v) is 6.89. The molecule has 8 bridgehead atoms. The summed E-state index contributed by atoms with van der Waals surface area (Å²) in [5.74, 6) is 9.74. The van der Waals surface area contributed by atoms with Crippen LogP contribution in [0.1, 0.15) is 38.5 Å². The fraction of sp³-hybridized carbons (Fsp3) is 1.00. The maximum Gasteiger partial charge on any atom is 0.394 e. The van der Waals surface area contributed by atoms with E-state index in [1.54, 1.807) is 38.5 Å². The van der Waals surface area contributed by atoms with Crippen molar-refractivity contribution >= 4 is 10.4 Å². The second-order valence-electron chi connectivity index (χ2n) is 7.58. The molecule has 7 rings (SSSR count). The molecule has 0 amide bonds. The van der Waals surface area contributed by atoms with Gasteiger partial charge in [-0.15, -0.1) is 0 Å². The van der Waals surface area contributed by atoms with E-state index in [2.05, 4.69) is 0 Å². The molecule has 7 fully saturated rings. The van der Waals surface area contributed by atoms with Gasteiger partial charge in [0.1, 0.15) is 0 Å². The number of rotatable bonds is 0. The molecule has 5 N–H and O–H groups in total. The van der Waals surface area contributed by atoms with Gasteiger partial charge in [0, 0.05) is 0 Å². The molecule has 0 aromatic rings. The van der Waals surface area contributed by atoms with Gasteiger partial charge in [-0.05, 0) is 85.9 Å². The number of hydrogen-bond acceptors (Lipinski definition) is 3. The summed E-state index contributed by atoms with van der Waals surface area (Å²) in [6.07, 6.45) is 9.93. The lowest BCUT2D eigenvalue weighted by Crippen LogP contribution is -2.62. The van der Waals surface area contributed by atoms with Crippen LogP contribution in [0, 0.1) is 47.3 Å². The SMILES string of the molecule is C1C2CC3C4CC5CC(C14)C(C2)C3C5.N.O=S(=O)(O)O. The van der Waals surface area contributed by atoms with Crippen molar-refractivity contribution in [3.8, 4) is 0 Å². The normalized spacial score (nSPS) is 53.3. The molecule has 0 unspecified atom stereocenters. The van der Waals surface area contributed by atoms with E-state index < -0.39 is 10.4 Å². The van der Waals surface area contributed by atoms with Crippen LogP contribution in [0.15, 0.2) is 0 Å². The van der Waals surface area contributed by atoms with Crippen LogP contribution in [-0.4, -0.2) is 17.5 Å². The summed E-state index contributed by atoms with van der Waals surface area (Å²) in [7, 11) is -4.67. The molecule has 7 saturated carbocycles. The van der Waals surface area contributed by atoms with Crippen molar-refractivity contribution in [1.82, 2.24) is 6.15 Å². The first-order chi connectivity index (χ1) is 8.90. The van der Waals surface area contributed by atoms with E-state index in [0.717, 1.165) is 0 Å². The lowest BCUT2D eigenvalue weighted by molar-refractivity contribution is -0.202. The van der Waals surface area contributed by atoms with Gasteiger partial charge in [0.05, 0.1) is 0 Å². The quantitative estimate of drug-likeness (QED) is 0.596. The molecule has 0 heterocycles. The molecular weight excluding hydrogens is 278 g/mol. The van der Waals surface area contributed by atoms with E-state index in [-0.39, 0.29) is 6.15 Å². The predicted molar refractivity (Wildman–Crippen MR) is 74.8 cm³/mol. The number of hydrogen-bond donors (Lipinski definition) is 3. The topological polar surface area (TPSA) is 110 Å². The second-order valence-corrected chi connectivity index (χ2v) is 8.47. The third kappa shape index (κ3) is 2.21. The van der Waals surface area contributed by atoms with Crippen molar-refractivity contribution in [2.24, 2.45) is 47.3 Å². The lowest BCUT2D eigenvalue weighted by atomic mass is 9.36. The summed E-state index contributed by atoms with van der Waals surface area (Å²) in [5, 5.41) is 0. The van der Waals surface area contributed by atoms with Crippen molar-refractivity contribution in [2.45, 2.75) is 38.5 Å². The Morgan fingerprint density at radius 1 is 0.600 bits per heavy atom. The van der Waals surface area contributed by atoms with E-state index in [4.69, 9.17) is 17.5 Å². The van der Waals surface area contributed by atoms with Crippen LogP contribution in [0.3, 0.4) is 0 Å². The summed E-state index contributed by atoms with van der Waals surface area (Å²) in [6, 6.07) is 0. The largest absolute Gasteiger partial charge is 0.394 e. The summed E-state index contributed by atoms with van der Waals surface area (Å²) in [4.78, 5) is 0. The van der Waals surface area contributed by atoms with Gasteiger partial charge in [-0.25, -0.2) is 0 Å². The van der Waals surface area contributed by atoms with Crippen molar-refractivity contribution in [2.75, 3.05) is 0 Å². The van der Waals surface area contributed by atoms with Crippen LogP contribution in [0.4, 0.5) is 0 Å². The third-order valence-corrected chi connectivity index (χ3v) is 6.93. The summed E-state index contributed by atoms with van der Waals surface area (Å²) < 4.78 is 31.6. The van der Waals surface area contributed by atoms with Crippen molar-refractivity contribution in [3.05, 3.63) is 0 Å². The minimum atomic E-state index is -4.67. The Morgan fingerprint density at radius 2 is 0.750 bits per heavy atom. The summed E-state index contributed by atoms with van der Waals surface area (Å²) in [5.41, 5.74) is 0. The highest BCUT2D eigenvalue weighted by Crippen LogP contribution is 2.71. The van der Waals surface area contributed by atoms with Crippen molar-refractivity contribution < 1.29 is 17.5 Å². The third-order valence-electron chi connectivity index (χ3n) is 6.93. The summed E-state index contributed by atoms with van der Waals surface area (Å²) >= 11 is 0. The maximum absolute atomic E-state index is 8.74. The van der Waals surface area contributed by atoms with Crippen LogP contribution in [-0.2, 0) is 10.4 Å². The van der Waals surface area contributed by atoms with Gasteiger partial charge in [-0.2, -0.15) is 8.42 Å². The van der Waals surface area contributed by atoms with Gasteiger partial charge < -0.3 is 6.15 Å².